The number of nitrogens with one attached hydrogen (secondary N) is 1. The highest BCUT2D eigenvalue weighted by Crippen LogP contribution is 2.24. The number of ether oxygens (including phenoxy) is 1. The van der Waals surface area contributed by atoms with Crippen LogP contribution in [0.2, 0.25) is 0 Å². The quantitative estimate of drug-likeness (QED) is 0.322. The van der Waals surface area contributed by atoms with Gasteiger partial charge in [0.15, 0.2) is 0 Å². The standard InChI is InChI=1S/C9H16N2O8S/c1-4(12)6-7(10-8(6)13)5(2)19-9(14)11(18-3)20(15,16)17/h4-7,12H,1-3H3,(H,10,13)(H,15,16,17)/t4-,5+,6-,7-/m1/s1. The van der Waals surface area contributed by atoms with Crippen molar-refractivity contribution >= 4 is 22.3 Å². The van der Waals surface area contributed by atoms with Gasteiger partial charge in [-0.2, -0.15) is 8.42 Å². The Balaban J connectivity index is 2.69. The highest BCUT2D eigenvalue weighted by Gasteiger charge is 2.47. The van der Waals surface area contributed by atoms with Crippen LogP contribution in [-0.4, -0.2) is 59.9 Å². The van der Waals surface area contributed by atoms with Crippen molar-refractivity contribution in [3.63, 3.8) is 0 Å². The summed E-state index contributed by atoms with van der Waals surface area (Å²) in [6, 6.07) is -0.661. The molecule has 3 N–H and O–H groups in total. The third-order valence-electron chi connectivity index (χ3n) is 2.84. The second-order valence-electron chi connectivity index (χ2n) is 4.28. The topological polar surface area (TPSA) is 142 Å². The third-order valence-corrected chi connectivity index (χ3v) is 3.55. The van der Waals surface area contributed by atoms with E-state index in [4.69, 9.17) is 9.29 Å². The fraction of sp³-hybridized carbons (Fsp3) is 0.778. The van der Waals surface area contributed by atoms with Gasteiger partial charge in [-0.15, -0.1) is 0 Å². The van der Waals surface area contributed by atoms with Crippen molar-refractivity contribution in [2.24, 2.45) is 5.92 Å². The van der Waals surface area contributed by atoms with Crippen molar-refractivity contribution in [2.45, 2.75) is 32.1 Å². The maximum atomic E-state index is 11.5. The van der Waals surface area contributed by atoms with Crippen LogP contribution < -0.4 is 5.32 Å². The summed E-state index contributed by atoms with van der Waals surface area (Å²) in [6.07, 6.45) is -3.35. The van der Waals surface area contributed by atoms with Gasteiger partial charge in [0.2, 0.25) is 5.91 Å². The van der Waals surface area contributed by atoms with Gasteiger partial charge in [0.25, 0.3) is 0 Å². The number of rotatable bonds is 5. The van der Waals surface area contributed by atoms with Crippen LogP contribution in [0.5, 0.6) is 0 Å². The van der Waals surface area contributed by atoms with E-state index in [1.807, 2.05) is 0 Å². The molecule has 0 saturated carbocycles. The molecular formula is C9H16N2O8S. The SMILES string of the molecule is CON(C(=O)O[C@@H](C)[C@H]1NC(=O)[C@@H]1[C@@H](C)O)S(=O)(=O)O. The summed E-state index contributed by atoms with van der Waals surface area (Å²) < 4.78 is 34.7. The second kappa shape index (κ2) is 5.91. The summed E-state index contributed by atoms with van der Waals surface area (Å²) in [6.45, 7) is 2.81. The average Bonchev–Trinajstić information content (AvgIpc) is 2.22. The first-order valence-electron chi connectivity index (χ1n) is 5.60. The molecular weight excluding hydrogens is 296 g/mol. The molecule has 11 heteroatoms. The van der Waals surface area contributed by atoms with Crippen molar-refractivity contribution in [1.82, 2.24) is 9.79 Å². The van der Waals surface area contributed by atoms with Crippen LogP contribution in [0.1, 0.15) is 13.8 Å². The monoisotopic (exact) mass is 312 g/mol. The van der Waals surface area contributed by atoms with Gasteiger partial charge in [-0.3, -0.25) is 14.2 Å². The van der Waals surface area contributed by atoms with Gasteiger partial charge in [0, 0.05) is 0 Å². The highest BCUT2D eigenvalue weighted by atomic mass is 32.2. The molecule has 0 radical (unpaired) electrons. The van der Waals surface area contributed by atoms with Crippen LogP contribution >= 0.6 is 0 Å². The van der Waals surface area contributed by atoms with Crippen molar-refractivity contribution in [2.75, 3.05) is 7.11 Å². The number of carbonyl (C=O) groups is 2. The lowest BCUT2D eigenvalue weighted by molar-refractivity contribution is -0.146. The number of hydrogen-bond acceptors (Lipinski definition) is 7. The van der Waals surface area contributed by atoms with Gasteiger partial charge in [-0.1, -0.05) is 0 Å². The van der Waals surface area contributed by atoms with Gasteiger partial charge in [0.1, 0.15) is 6.10 Å². The van der Waals surface area contributed by atoms with Crippen LogP contribution in [0.15, 0.2) is 0 Å². The summed E-state index contributed by atoms with van der Waals surface area (Å²) in [7, 11) is -4.06. The van der Waals surface area contributed by atoms with E-state index < -0.39 is 46.5 Å². The molecule has 1 saturated heterocycles. The second-order valence-corrected chi connectivity index (χ2v) is 5.50. The summed E-state index contributed by atoms with van der Waals surface area (Å²) in [5.74, 6) is -1.16. The summed E-state index contributed by atoms with van der Waals surface area (Å²) >= 11 is 0. The summed E-state index contributed by atoms with van der Waals surface area (Å²) in [5, 5.41) is 11.8. The van der Waals surface area contributed by atoms with E-state index in [1.54, 1.807) is 0 Å². The molecule has 0 spiro atoms. The molecule has 1 heterocycles. The molecule has 0 aromatic rings. The fourth-order valence-electron chi connectivity index (χ4n) is 1.88. The summed E-state index contributed by atoms with van der Waals surface area (Å²) in [4.78, 5) is 26.9. The fourth-order valence-corrected chi connectivity index (χ4v) is 2.30. The van der Waals surface area contributed by atoms with E-state index >= 15 is 0 Å². The Hall–Kier alpha value is -1.43. The molecule has 20 heavy (non-hydrogen) atoms. The molecule has 4 atom stereocenters. The zero-order chi connectivity index (χ0) is 15.7. The maximum absolute atomic E-state index is 11.5. The van der Waals surface area contributed by atoms with Crippen molar-refractivity contribution in [3.8, 4) is 0 Å². The molecule has 116 valence electrons. The van der Waals surface area contributed by atoms with E-state index in [0.29, 0.717) is 0 Å². The van der Waals surface area contributed by atoms with E-state index in [2.05, 4.69) is 10.2 Å². The number of hydroxylamine groups is 1. The number of nitrogens with zero attached hydrogens (tertiary/aromatic N) is 1. The molecule has 0 aromatic heterocycles. The molecule has 10 nitrogen and oxygen atoms in total. The number of aliphatic hydroxyl groups excluding tert-OH is 1. The van der Waals surface area contributed by atoms with Crippen molar-refractivity contribution < 1.29 is 37.2 Å². The van der Waals surface area contributed by atoms with Crippen LogP contribution in [-0.2, 0) is 24.7 Å². The number of aliphatic hydroxyl groups is 1. The van der Waals surface area contributed by atoms with Crippen molar-refractivity contribution in [3.05, 3.63) is 0 Å². The Bertz CT molecular complexity index is 490. The number of hydrogen-bond donors (Lipinski definition) is 3. The Labute approximate surface area is 115 Å². The smallest absolute Gasteiger partial charge is 0.442 e. The minimum absolute atomic E-state index is 0.346. The van der Waals surface area contributed by atoms with Crippen LogP contribution in [0.3, 0.4) is 0 Å². The minimum Gasteiger partial charge on any atom is -0.442 e. The molecule has 0 bridgehead atoms. The molecule has 1 rings (SSSR count). The van der Waals surface area contributed by atoms with Crippen LogP contribution in [0.25, 0.3) is 0 Å². The molecule has 0 aromatic carbocycles. The Morgan fingerprint density at radius 2 is 2.00 bits per heavy atom. The number of amides is 2. The lowest BCUT2D eigenvalue weighted by Gasteiger charge is -2.41. The molecule has 1 fully saturated rings. The Morgan fingerprint density at radius 1 is 1.45 bits per heavy atom. The van der Waals surface area contributed by atoms with Crippen LogP contribution in [0.4, 0.5) is 4.79 Å². The van der Waals surface area contributed by atoms with E-state index in [1.165, 1.54) is 13.8 Å². The first-order valence-corrected chi connectivity index (χ1v) is 7.00. The highest BCUT2D eigenvalue weighted by molar-refractivity contribution is 7.83. The summed E-state index contributed by atoms with van der Waals surface area (Å²) in [5.41, 5.74) is 0. The number of β-lactam (4-membered cyclic amide) rings is 1. The van der Waals surface area contributed by atoms with Gasteiger partial charge in [-0.25, -0.2) is 4.79 Å². The molecule has 0 aliphatic carbocycles. The first-order chi connectivity index (χ1) is 9.09. The Morgan fingerprint density at radius 3 is 2.35 bits per heavy atom. The lowest BCUT2D eigenvalue weighted by Crippen LogP contribution is -2.66. The lowest BCUT2D eigenvalue weighted by atomic mass is 9.83. The molecule has 1 aliphatic heterocycles. The van der Waals surface area contributed by atoms with Crippen LogP contribution in [0, 0.1) is 5.92 Å². The minimum atomic E-state index is -4.92. The van der Waals surface area contributed by atoms with E-state index in [9.17, 15) is 23.1 Å². The van der Waals surface area contributed by atoms with Gasteiger partial charge >= 0.3 is 16.4 Å². The molecule has 1 aliphatic rings. The average molecular weight is 312 g/mol. The molecule has 2 amide bonds. The van der Waals surface area contributed by atoms with Gasteiger partial charge < -0.3 is 15.2 Å². The van der Waals surface area contributed by atoms with Gasteiger partial charge in [-0.05, 0) is 18.3 Å². The maximum Gasteiger partial charge on any atom is 0.451 e. The van der Waals surface area contributed by atoms with Crippen molar-refractivity contribution in [1.29, 1.82) is 0 Å². The normalized spacial score (nSPS) is 25.1. The zero-order valence-electron chi connectivity index (χ0n) is 11.0. The Kier molecular flexibility index (Phi) is 4.91. The predicted octanol–water partition coefficient (Wildman–Crippen LogP) is -1.33. The molecule has 0 unspecified atom stereocenters. The third kappa shape index (κ3) is 3.36. The number of carbonyl (C=O) groups excluding carboxylic acids is 2. The first kappa shape index (κ1) is 16.6. The largest absolute Gasteiger partial charge is 0.451 e. The van der Waals surface area contributed by atoms with E-state index in [0.717, 1.165) is 7.11 Å². The van der Waals surface area contributed by atoms with Gasteiger partial charge in [0.05, 0.1) is 25.2 Å². The predicted molar refractivity (Wildman–Crippen MR) is 63.4 cm³/mol. The zero-order valence-corrected chi connectivity index (χ0v) is 11.8. The van der Waals surface area contributed by atoms with E-state index in [-0.39, 0.29) is 4.47 Å².